The lowest BCUT2D eigenvalue weighted by molar-refractivity contribution is -0.147. The van der Waals surface area contributed by atoms with Crippen molar-refractivity contribution in [1.29, 1.82) is 0 Å². The Balaban J connectivity index is 3.44. The highest BCUT2D eigenvalue weighted by Crippen LogP contribution is 2.35. The van der Waals surface area contributed by atoms with Crippen LogP contribution in [-0.2, 0) is 18.6 Å². The fraction of sp³-hybridized carbons (Fsp3) is 0.762. The predicted molar refractivity (Wildman–Crippen MR) is 114 cm³/mol. The molecule has 0 aliphatic carbocycles. The first-order valence-electron chi connectivity index (χ1n) is 10.7. The minimum Gasteiger partial charge on any atom is -0.463 e. The normalized spacial score (nSPS) is 13.4. The molecule has 0 heterocycles. The molecule has 0 saturated heterocycles. The molecule has 0 amide bonds. The van der Waals surface area contributed by atoms with Crippen LogP contribution in [0.1, 0.15) is 84.0 Å². The number of ether oxygens (including phenoxy) is 1. The van der Waals surface area contributed by atoms with Crippen molar-refractivity contribution in [3.05, 3.63) is 24.3 Å². The Morgan fingerprint density at radius 2 is 1.48 bits per heavy atom. The van der Waals surface area contributed by atoms with E-state index in [4.69, 9.17) is 14.5 Å². The average molecular weight is 435 g/mol. The number of phosphoric acid groups is 1. The highest BCUT2D eigenvalue weighted by Gasteiger charge is 2.17. The fourth-order valence-electron chi connectivity index (χ4n) is 2.57. The molecule has 0 saturated carbocycles. The van der Waals surface area contributed by atoms with Crippen molar-refractivity contribution in [3.8, 4) is 0 Å². The van der Waals surface area contributed by atoms with E-state index in [0.29, 0.717) is 0 Å². The van der Waals surface area contributed by atoms with Gasteiger partial charge in [0.2, 0.25) is 0 Å². The third-order valence-electron chi connectivity index (χ3n) is 4.20. The number of carbonyl (C=O) groups excluding carboxylic acids is 1. The van der Waals surface area contributed by atoms with E-state index in [1.165, 1.54) is 25.7 Å². The van der Waals surface area contributed by atoms with E-state index in [1.54, 1.807) is 0 Å². The van der Waals surface area contributed by atoms with Crippen LogP contribution in [-0.4, -0.2) is 40.2 Å². The zero-order chi connectivity index (χ0) is 21.8. The van der Waals surface area contributed by atoms with Gasteiger partial charge in [0.05, 0.1) is 6.61 Å². The molecule has 0 aromatic heterocycles. The van der Waals surface area contributed by atoms with Gasteiger partial charge in [0.15, 0.2) is 0 Å². The van der Waals surface area contributed by atoms with Crippen LogP contribution in [0, 0.1) is 0 Å². The quantitative estimate of drug-likeness (QED) is 0.116. The molecule has 1 atom stereocenters. The molecule has 0 rings (SSSR count). The highest BCUT2D eigenvalue weighted by atomic mass is 31.2. The molecule has 0 spiro atoms. The van der Waals surface area contributed by atoms with Crippen LogP contribution in [0.2, 0.25) is 0 Å². The number of aliphatic hydroxyl groups excluding tert-OH is 1. The Morgan fingerprint density at radius 1 is 0.897 bits per heavy atom. The van der Waals surface area contributed by atoms with Crippen LogP contribution in [0.5, 0.6) is 0 Å². The second-order valence-electron chi connectivity index (χ2n) is 7.10. The van der Waals surface area contributed by atoms with E-state index in [0.717, 1.165) is 44.9 Å². The second-order valence-corrected chi connectivity index (χ2v) is 8.34. The number of allylic oxidation sites excluding steroid dienone is 4. The average Bonchev–Trinajstić information content (AvgIpc) is 2.67. The minimum atomic E-state index is -4.62. The maximum atomic E-state index is 11.5. The first-order valence-corrected chi connectivity index (χ1v) is 12.2. The largest absolute Gasteiger partial charge is 0.469 e. The van der Waals surface area contributed by atoms with Gasteiger partial charge in [-0.25, -0.2) is 4.57 Å². The Morgan fingerprint density at radius 3 is 2.10 bits per heavy atom. The van der Waals surface area contributed by atoms with Gasteiger partial charge in [-0.1, -0.05) is 63.3 Å². The van der Waals surface area contributed by atoms with E-state index in [-0.39, 0.29) is 13.0 Å². The summed E-state index contributed by atoms with van der Waals surface area (Å²) in [4.78, 5) is 28.6. The summed E-state index contributed by atoms with van der Waals surface area (Å²) < 4.78 is 19.5. The zero-order valence-corrected chi connectivity index (χ0v) is 18.6. The SMILES string of the molecule is CCCCC/C=C\C/C=C\CCCCCCCC(=O)OCC(O)COP(=O)(O)O. The molecule has 0 aliphatic rings. The van der Waals surface area contributed by atoms with Crippen LogP contribution in [0.4, 0.5) is 0 Å². The summed E-state index contributed by atoms with van der Waals surface area (Å²) in [6, 6.07) is 0. The molecule has 170 valence electrons. The fourth-order valence-corrected chi connectivity index (χ4v) is 2.94. The topological polar surface area (TPSA) is 113 Å². The van der Waals surface area contributed by atoms with Crippen molar-refractivity contribution >= 4 is 13.8 Å². The molecule has 0 aliphatic heterocycles. The van der Waals surface area contributed by atoms with E-state index in [2.05, 4.69) is 35.8 Å². The molecule has 0 radical (unpaired) electrons. The Bertz CT molecular complexity index is 499. The van der Waals surface area contributed by atoms with Crippen molar-refractivity contribution in [2.45, 2.75) is 90.1 Å². The van der Waals surface area contributed by atoms with Crippen LogP contribution >= 0.6 is 7.82 Å². The first kappa shape index (κ1) is 28.0. The number of phosphoric ester groups is 1. The van der Waals surface area contributed by atoms with E-state index < -0.39 is 26.5 Å². The number of rotatable bonds is 19. The molecule has 8 heteroatoms. The van der Waals surface area contributed by atoms with Crippen molar-refractivity contribution in [3.63, 3.8) is 0 Å². The highest BCUT2D eigenvalue weighted by molar-refractivity contribution is 7.46. The van der Waals surface area contributed by atoms with Crippen molar-refractivity contribution in [2.24, 2.45) is 0 Å². The maximum absolute atomic E-state index is 11.5. The van der Waals surface area contributed by atoms with Crippen LogP contribution in [0.15, 0.2) is 24.3 Å². The van der Waals surface area contributed by atoms with Crippen LogP contribution < -0.4 is 0 Å². The summed E-state index contributed by atoms with van der Waals surface area (Å²) in [5.74, 6) is -0.425. The zero-order valence-electron chi connectivity index (χ0n) is 17.7. The molecule has 7 nitrogen and oxygen atoms in total. The maximum Gasteiger partial charge on any atom is 0.469 e. The standard InChI is InChI=1S/C21H39O7P/c1-2-3-4-5-6-7-8-9-10-11-12-13-14-15-16-17-21(23)27-18-20(22)19-28-29(24,25)26/h6-7,9-10,20,22H,2-5,8,11-19H2,1H3,(H2,24,25,26)/b7-6-,10-9-. The molecule has 29 heavy (non-hydrogen) atoms. The van der Waals surface area contributed by atoms with E-state index in [9.17, 15) is 14.5 Å². The third-order valence-corrected chi connectivity index (χ3v) is 4.69. The van der Waals surface area contributed by atoms with Gasteiger partial charge in [0.1, 0.15) is 12.7 Å². The van der Waals surface area contributed by atoms with Gasteiger partial charge in [0, 0.05) is 6.42 Å². The summed E-state index contributed by atoms with van der Waals surface area (Å²) in [5.41, 5.74) is 0. The number of hydrogen-bond acceptors (Lipinski definition) is 5. The molecule has 3 N–H and O–H groups in total. The van der Waals surface area contributed by atoms with Crippen molar-refractivity contribution < 1.29 is 33.5 Å². The Kier molecular flexibility index (Phi) is 18.4. The monoisotopic (exact) mass is 434 g/mol. The van der Waals surface area contributed by atoms with Gasteiger partial charge in [0.25, 0.3) is 0 Å². The molecular weight excluding hydrogens is 395 g/mol. The van der Waals surface area contributed by atoms with Crippen molar-refractivity contribution in [2.75, 3.05) is 13.2 Å². The van der Waals surface area contributed by atoms with Crippen molar-refractivity contribution in [1.82, 2.24) is 0 Å². The number of carbonyl (C=O) groups is 1. The first-order chi connectivity index (χ1) is 13.8. The van der Waals surface area contributed by atoms with Crippen LogP contribution in [0.25, 0.3) is 0 Å². The van der Waals surface area contributed by atoms with Gasteiger partial charge < -0.3 is 19.6 Å². The second kappa shape index (κ2) is 19.0. The number of unbranched alkanes of at least 4 members (excludes halogenated alkanes) is 8. The van der Waals surface area contributed by atoms with E-state index in [1.807, 2.05) is 0 Å². The van der Waals surface area contributed by atoms with Gasteiger partial charge in [-0.15, -0.1) is 0 Å². The molecule has 0 bridgehead atoms. The third kappa shape index (κ3) is 23.2. The predicted octanol–water partition coefficient (Wildman–Crippen LogP) is 4.81. The lowest BCUT2D eigenvalue weighted by Crippen LogP contribution is -2.23. The summed E-state index contributed by atoms with van der Waals surface area (Å²) in [5, 5.41) is 9.41. The Hall–Kier alpha value is -0.980. The summed E-state index contributed by atoms with van der Waals surface area (Å²) in [7, 11) is -4.62. The number of aliphatic hydroxyl groups is 1. The Labute approximate surface area is 175 Å². The molecule has 0 aromatic carbocycles. The van der Waals surface area contributed by atoms with Gasteiger partial charge >= 0.3 is 13.8 Å². The summed E-state index contributed by atoms with van der Waals surface area (Å²) >= 11 is 0. The number of esters is 1. The summed E-state index contributed by atoms with van der Waals surface area (Å²) in [6.07, 6.45) is 20.1. The van der Waals surface area contributed by atoms with Gasteiger partial charge in [-0.05, 0) is 38.5 Å². The minimum absolute atomic E-state index is 0.274. The smallest absolute Gasteiger partial charge is 0.463 e. The van der Waals surface area contributed by atoms with Gasteiger partial charge in [-0.2, -0.15) is 0 Å². The lowest BCUT2D eigenvalue weighted by atomic mass is 10.1. The lowest BCUT2D eigenvalue weighted by Gasteiger charge is -2.12. The molecule has 0 fully saturated rings. The number of hydrogen-bond donors (Lipinski definition) is 3. The molecule has 1 unspecified atom stereocenters. The molecule has 0 aromatic rings. The van der Waals surface area contributed by atoms with Crippen LogP contribution in [0.3, 0.4) is 0 Å². The van der Waals surface area contributed by atoms with E-state index >= 15 is 0 Å². The van der Waals surface area contributed by atoms with Gasteiger partial charge in [-0.3, -0.25) is 9.32 Å². The molecular formula is C21H39O7P. The summed E-state index contributed by atoms with van der Waals surface area (Å²) in [6.45, 7) is 1.30.